The molecule has 2 aliphatic rings. The maximum absolute atomic E-state index is 11.7. The van der Waals surface area contributed by atoms with Crippen molar-refractivity contribution in [3.63, 3.8) is 0 Å². The lowest BCUT2D eigenvalue weighted by Crippen LogP contribution is -2.58. The monoisotopic (exact) mass is 338 g/mol. The van der Waals surface area contributed by atoms with E-state index < -0.39 is 16.8 Å². The van der Waals surface area contributed by atoms with E-state index in [4.69, 9.17) is 4.89 Å². The Kier molecular flexibility index (Phi) is 5.11. The highest BCUT2D eigenvalue weighted by Gasteiger charge is 2.60. The molecule has 0 unspecified atom stereocenters. The molecule has 5 atom stereocenters. The molecule has 1 saturated carbocycles. The summed E-state index contributed by atoms with van der Waals surface area (Å²) in [5, 5.41) is 31.3. The van der Waals surface area contributed by atoms with E-state index in [9.17, 15) is 15.5 Å². The quantitative estimate of drug-likeness (QED) is 0.388. The molecule has 0 amide bonds. The summed E-state index contributed by atoms with van der Waals surface area (Å²) >= 11 is 0. The maximum Gasteiger partial charge on any atom is 0.119 e. The van der Waals surface area contributed by atoms with E-state index in [1.807, 2.05) is 13.8 Å². The molecule has 0 aromatic rings. The van der Waals surface area contributed by atoms with Crippen LogP contribution in [0.2, 0.25) is 0 Å². The number of allylic oxidation sites excluding steroid dienone is 1. The highest BCUT2D eigenvalue weighted by Crippen LogP contribution is 2.61. The first-order chi connectivity index (χ1) is 10.9. The zero-order chi connectivity index (χ0) is 18.4. The zero-order valence-corrected chi connectivity index (χ0v) is 15.8. The molecule has 4 nitrogen and oxygen atoms in total. The van der Waals surface area contributed by atoms with Crippen LogP contribution in [0.5, 0.6) is 0 Å². The van der Waals surface area contributed by atoms with Crippen LogP contribution >= 0.6 is 0 Å². The lowest BCUT2D eigenvalue weighted by molar-refractivity contribution is -0.303. The number of rotatable bonds is 6. The zero-order valence-electron chi connectivity index (χ0n) is 15.8. The Bertz CT molecular complexity index is 522. The average molecular weight is 338 g/mol. The Morgan fingerprint density at radius 2 is 2.00 bits per heavy atom. The molecule has 0 bridgehead atoms. The van der Waals surface area contributed by atoms with Gasteiger partial charge < -0.3 is 10.2 Å². The molecule has 0 radical (unpaired) electrons. The van der Waals surface area contributed by atoms with Crippen molar-refractivity contribution in [2.45, 2.75) is 83.5 Å². The van der Waals surface area contributed by atoms with Crippen LogP contribution in [0.25, 0.3) is 0 Å². The summed E-state index contributed by atoms with van der Waals surface area (Å²) in [5.41, 5.74) is -1.81. The molecule has 24 heavy (non-hydrogen) atoms. The molecule has 0 heterocycles. The van der Waals surface area contributed by atoms with Crippen molar-refractivity contribution in [1.82, 2.24) is 0 Å². The Hall–Kier alpha value is -0.680. The predicted molar refractivity (Wildman–Crippen MR) is 95.5 cm³/mol. The van der Waals surface area contributed by atoms with Gasteiger partial charge in [0.2, 0.25) is 0 Å². The number of fused-ring (bicyclic) bond motifs is 1. The van der Waals surface area contributed by atoms with E-state index in [-0.39, 0.29) is 17.3 Å². The molecule has 138 valence electrons. The molecular weight excluding hydrogens is 304 g/mol. The van der Waals surface area contributed by atoms with Crippen LogP contribution in [0.1, 0.15) is 66.7 Å². The minimum absolute atomic E-state index is 0.158. The second kappa shape index (κ2) is 6.24. The van der Waals surface area contributed by atoms with Gasteiger partial charge in [0, 0.05) is 5.41 Å². The van der Waals surface area contributed by atoms with E-state index in [1.54, 1.807) is 13.0 Å². The van der Waals surface area contributed by atoms with Crippen LogP contribution in [0.15, 0.2) is 24.3 Å². The molecule has 4 heteroatoms. The van der Waals surface area contributed by atoms with Gasteiger partial charge in [-0.25, -0.2) is 4.89 Å². The van der Waals surface area contributed by atoms with Crippen molar-refractivity contribution in [3.05, 3.63) is 24.3 Å². The number of aliphatic hydroxyl groups is 2. The van der Waals surface area contributed by atoms with E-state index >= 15 is 0 Å². The minimum atomic E-state index is -0.971. The Balaban J connectivity index is 2.31. The summed E-state index contributed by atoms with van der Waals surface area (Å²) in [4.78, 5) is 4.74. The van der Waals surface area contributed by atoms with Gasteiger partial charge in [-0.15, -0.1) is 6.58 Å². The first-order valence-corrected chi connectivity index (χ1v) is 9.05. The summed E-state index contributed by atoms with van der Waals surface area (Å²) in [5.74, 6) is 0.333. The second-order valence-corrected chi connectivity index (χ2v) is 8.90. The lowest BCUT2D eigenvalue weighted by atomic mass is 9.52. The molecule has 2 aliphatic carbocycles. The first-order valence-electron chi connectivity index (χ1n) is 9.05. The fourth-order valence-corrected chi connectivity index (χ4v) is 4.92. The highest BCUT2D eigenvalue weighted by atomic mass is 17.1. The van der Waals surface area contributed by atoms with E-state index in [1.165, 1.54) is 0 Å². The van der Waals surface area contributed by atoms with Gasteiger partial charge in [0.1, 0.15) is 5.60 Å². The topological polar surface area (TPSA) is 69.9 Å². The normalized spacial score (nSPS) is 39.1. The lowest BCUT2D eigenvalue weighted by Gasteiger charge is -2.56. The van der Waals surface area contributed by atoms with Crippen molar-refractivity contribution in [2.75, 3.05) is 0 Å². The van der Waals surface area contributed by atoms with Gasteiger partial charge in [0.05, 0.1) is 11.2 Å². The molecular formula is C20H34O4. The van der Waals surface area contributed by atoms with Crippen LogP contribution in [0.3, 0.4) is 0 Å². The van der Waals surface area contributed by atoms with E-state index in [0.29, 0.717) is 12.8 Å². The summed E-state index contributed by atoms with van der Waals surface area (Å²) < 4.78 is 0. The molecule has 0 aromatic carbocycles. The molecule has 1 fully saturated rings. The van der Waals surface area contributed by atoms with Gasteiger partial charge in [-0.1, -0.05) is 26.0 Å². The first kappa shape index (κ1) is 19.6. The summed E-state index contributed by atoms with van der Waals surface area (Å²) in [6, 6.07) is 0. The van der Waals surface area contributed by atoms with Gasteiger partial charge >= 0.3 is 0 Å². The Morgan fingerprint density at radius 3 is 2.54 bits per heavy atom. The van der Waals surface area contributed by atoms with Crippen LogP contribution in [-0.2, 0) is 4.89 Å². The fourth-order valence-electron chi connectivity index (χ4n) is 4.92. The van der Waals surface area contributed by atoms with Crippen LogP contribution < -0.4 is 0 Å². The van der Waals surface area contributed by atoms with Gasteiger partial charge in [-0.3, -0.25) is 5.26 Å². The van der Waals surface area contributed by atoms with Crippen LogP contribution in [0.4, 0.5) is 0 Å². The van der Waals surface area contributed by atoms with Crippen molar-refractivity contribution in [3.8, 4) is 0 Å². The van der Waals surface area contributed by atoms with Crippen molar-refractivity contribution >= 4 is 0 Å². The summed E-state index contributed by atoms with van der Waals surface area (Å²) in [7, 11) is 0. The largest absolute Gasteiger partial charge is 0.389 e. The van der Waals surface area contributed by atoms with Crippen molar-refractivity contribution in [2.24, 2.45) is 17.3 Å². The highest BCUT2D eigenvalue weighted by molar-refractivity contribution is 5.31. The standard InChI is InChI=1S/C20H34O4/c1-7-18(5,21)12-13-20(22)14(2)8-9-16-15(17(3,4)24-23)10-11-19(16,20)6/h7,10,14,16,21-23H,1,8-9,11-13H2,2-6H3/t14-,16+,18-,19+,20+/m0/s1. The van der Waals surface area contributed by atoms with Gasteiger partial charge in [0.25, 0.3) is 0 Å². The Morgan fingerprint density at radius 1 is 1.38 bits per heavy atom. The van der Waals surface area contributed by atoms with Crippen LogP contribution in [-0.4, -0.2) is 32.3 Å². The molecule has 0 aliphatic heterocycles. The SMILES string of the molecule is C=C[C@](C)(O)CC[C@@]1(O)[C@@H](C)CC[C@@H]2C(C(C)(C)OO)=CC[C@]21C. The number of hydrogen-bond acceptors (Lipinski definition) is 4. The van der Waals surface area contributed by atoms with Gasteiger partial charge in [0.15, 0.2) is 0 Å². The fraction of sp³-hybridized carbons (Fsp3) is 0.800. The smallest absolute Gasteiger partial charge is 0.119 e. The summed E-state index contributed by atoms with van der Waals surface area (Å²) in [6.45, 7) is 13.4. The van der Waals surface area contributed by atoms with Crippen LogP contribution in [0, 0.1) is 17.3 Å². The molecule has 0 aromatic heterocycles. The molecule has 2 rings (SSSR count). The van der Waals surface area contributed by atoms with E-state index in [2.05, 4.69) is 26.5 Å². The van der Waals surface area contributed by atoms with E-state index in [0.717, 1.165) is 24.8 Å². The van der Waals surface area contributed by atoms with Crippen molar-refractivity contribution in [1.29, 1.82) is 0 Å². The maximum atomic E-state index is 11.7. The predicted octanol–water partition coefficient (Wildman–Crippen LogP) is 4.09. The molecule has 0 saturated heterocycles. The third kappa shape index (κ3) is 2.98. The van der Waals surface area contributed by atoms with Crippen molar-refractivity contribution < 1.29 is 20.4 Å². The second-order valence-electron chi connectivity index (χ2n) is 8.90. The average Bonchev–Trinajstić information content (AvgIpc) is 2.89. The minimum Gasteiger partial charge on any atom is -0.389 e. The molecule has 0 spiro atoms. The molecule has 3 N–H and O–H groups in total. The third-order valence-electron chi connectivity index (χ3n) is 6.96. The Labute approximate surface area is 146 Å². The van der Waals surface area contributed by atoms with Gasteiger partial charge in [-0.2, -0.15) is 0 Å². The number of hydrogen-bond donors (Lipinski definition) is 3. The third-order valence-corrected chi connectivity index (χ3v) is 6.96. The summed E-state index contributed by atoms with van der Waals surface area (Å²) in [6.07, 6.45) is 7.36. The van der Waals surface area contributed by atoms with Gasteiger partial charge in [-0.05, 0) is 70.3 Å².